The molecule has 0 spiro atoms. The number of ether oxygens (including phenoxy) is 2. The average Bonchev–Trinajstić information content (AvgIpc) is 2.66. The van der Waals surface area contributed by atoms with E-state index in [0.717, 1.165) is 11.3 Å². The van der Waals surface area contributed by atoms with Crippen LogP contribution in [0.3, 0.4) is 0 Å². The lowest BCUT2D eigenvalue weighted by atomic mass is 10.2. The Morgan fingerprint density at radius 2 is 1.88 bits per heavy atom. The minimum atomic E-state index is -0.575. The summed E-state index contributed by atoms with van der Waals surface area (Å²) >= 11 is 0. The van der Waals surface area contributed by atoms with Crippen molar-refractivity contribution in [1.29, 1.82) is 0 Å². The Labute approximate surface area is 149 Å². The Kier molecular flexibility index (Phi) is 6.87. The third kappa shape index (κ3) is 5.45. The highest BCUT2D eigenvalue weighted by atomic mass is 16.6. The Morgan fingerprint density at radius 1 is 1.19 bits per heavy atom. The fourth-order valence-corrected chi connectivity index (χ4v) is 2.01. The van der Waals surface area contributed by atoms with Gasteiger partial charge in [-0.2, -0.15) is 5.10 Å². The molecule has 0 unspecified atom stereocenters. The highest BCUT2D eigenvalue weighted by Crippen LogP contribution is 2.25. The summed E-state index contributed by atoms with van der Waals surface area (Å²) in [6.45, 7) is -0.390. The van der Waals surface area contributed by atoms with E-state index >= 15 is 0 Å². The number of hydrogen-bond acceptors (Lipinski definition) is 6. The van der Waals surface area contributed by atoms with Gasteiger partial charge >= 0.3 is 5.69 Å². The van der Waals surface area contributed by atoms with Gasteiger partial charge in [0.2, 0.25) is 0 Å². The van der Waals surface area contributed by atoms with Gasteiger partial charge in [0.25, 0.3) is 5.91 Å². The fraction of sp³-hybridized carbons (Fsp3) is 0.111. The lowest BCUT2D eigenvalue weighted by molar-refractivity contribution is -0.385. The maximum atomic E-state index is 11.7. The molecule has 0 saturated carbocycles. The Balaban J connectivity index is 1.83. The van der Waals surface area contributed by atoms with Gasteiger partial charge < -0.3 is 9.47 Å². The van der Waals surface area contributed by atoms with Crippen LogP contribution in [0.2, 0.25) is 0 Å². The van der Waals surface area contributed by atoms with E-state index in [2.05, 4.69) is 10.5 Å². The molecule has 0 saturated heterocycles. The fourth-order valence-electron chi connectivity index (χ4n) is 2.01. The van der Waals surface area contributed by atoms with Gasteiger partial charge in [-0.05, 0) is 24.3 Å². The summed E-state index contributed by atoms with van der Waals surface area (Å²) in [5, 5.41) is 14.6. The monoisotopic (exact) mass is 355 g/mol. The summed E-state index contributed by atoms with van der Waals surface area (Å²) in [6, 6.07) is 13.3. The molecule has 0 aliphatic carbocycles. The van der Waals surface area contributed by atoms with Crippen LogP contribution in [0.15, 0.2) is 59.7 Å². The second-order valence-corrected chi connectivity index (χ2v) is 4.93. The number of carbonyl (C=O) groups excluding carboxylic acids is 1. The SMILES string of the molecule is COc1ccccc1/C=C/C=N\NC(=O)COc1ccccc1[N+](=O)[O-]. The first-order chi connectivity index (χ1) is 12.6. The minimum absolute atomic E-state index is 0.0210. The summed E-state index contributed by atoms with van der Waals surface area (Å²) in [5.74, 6) is 0.205. The molecular formula is C18H17N3O5. The first-order valence-electron chi connectivity index (χ1n) is 7.59. The summed E-state index contributed by atoms with van der Waals surface area (Å²) in [7, 11) is 1.58. The number of hydrogen-bond donors (Lipinski definition) is 1. The number of rotatable bonds is 8. The number of benzene rings is 2. The van der Waals surface area contributed by atoms with E-state index in [1.807, 2.05) is 24.3 Å². The van der Waals surface area contributed by atoms with Gasteiger partial charge in [-0.15, -0.1) is 0 Å². The van der Waals surface area contributed by atoms with Crippen molar-refractivity contribution < 1.29 is 19.2 Å². The van der Waals surface area contributed by atoms with Gasteiger partial charge in [-0.3, -0.25) is 14.9 Å². The van der Waals surface area contributed by atoms with Crippen LogP contribution < -0.4 is 14.9 Å². The predicted molar refractivity (Wildman–Crippen MR) is 97.3 cm³/mol. The molecular weight excluding hydrogens is 338 g/mol. The van der Waals surface area contributed by atoms with E-state index in [4.69, 9.17) is 9.47 Å². The van der Waals surface area contributed by atoms with E-state index < -0.39 is 17.4 Å². The number of nitro benzene ring substituents is 1. The van der Waals surface area contributed by atoms with E-state index in [0.29, 0.717) is 0 Å². The molecule has 2 aromatic rings. The molecule has 1 amide bonds. The third-order valence-corrected chi connectivity index (χ3v) is 3.19. The molecule has 0 aliphatic heterocycles. The molecule has 0 fully saturated rings. The number of nitrogens with zero attached hydrogens (tertiary/aromatic N) is 2. The smallest absolute Gasteiger partial charge is 0.310 e. The van der Waals surface area contributed by atoms with Crippen LogP contribution in [0.1, 0.15) is 5.56 Å². The van der Waals surface area contributed by atoms with Crippen LogP contribution >= 0.6 is 0 Å². The zero-order valence-electron chi connectivity index (χ0n) is 14.0. The van der Waals surface area contributed by atoms with Crippen LogP contribution in [-0.4, -0.2) is 30.8 Å². The van der Waals surface area contributed by atoms with Gasteiger partial charge in [0.05, 0.1) is 12.0 Å². The summed E-state index contributed by atoms with van der Waals surface area (Å²) in [5.41, 5.74) is 2.93. The van der Waals surface area contributed by atoms with Crippen molar-refractivity contribution in [1.82, 2.24) is 5.43 Å². The molecule has 1 N–H and O–H groups in total. The lowest BCUT2D eigenvalue weighted by Crippen LogP contribution is -2.24. The molecule has 8 nitrogen and oxygen atoms in total. The molecule has 134 valence electrons. The molecule has 0 atom stereocenters. The number of carbonyl (C=O) groups is 1. The lowest BCUT2D eigenvalue weighted by Gasteiger charge is -2.05. The van der Waals surface area contributed by atoms with Crippen LogP contribution in [0.5, 0.6) is 11.5 Å². The van der Waals surface area contributed by atoms with E-state index in [1.165, 1.54) is 24.4 Å². The normalized spacial score (nSPS) is 10.8. The largest absolute Gasteiger partial charge is 0.496 e. The third-order valence-electron chi connectivity index (χ3n) is 3.19. The Hall–Kier alpha value is -3.68. The number of nitro groups is 1. The van der Waals surface area contributed by atoms with Crippen molar-refractivity contribution in [3.63, 3.8) is 0 Å². The molecule has 0 radical (unpaired) electrons. The van der Waals surface area contributed by atoms with Gasteiger partial charge in [-0.25, -0.2) is 5.43 Å². The number of hydrazone groups is 1. The number of nitrogens with one attached hydrogen (secondary N) is 1. The number of para-hydroxylation sites is 3. The predicted octanol–water partition coefficient (Wildman–Crippen LogP) is 2.80. The zero-order valence-corrected chi connectivity index (χ0v) is 14.0. The van der Waals surface area contributed by atoms with Crippen molar-refractivity contribution in [2.45, 2.75) is 0 Å². The second kappa shape index (κ2) is 9.58. The van der Waals surface area contributed by atoms with Crippen molar-refractivity contribution in [2.24, 2.45) is 5.10 Å². The number of amides is 1. The maximum Gasteiger partial charge on any atom is 0.310 e. The minimum Gasteiger partial charge on any atom is -0.496 e. The first-order valence-corrected chi connectivity index (χ1v) is 7.59. The van der Waals surface area contributed by atoms with E-state index in [1.54, 1.807) is 25.3 Å². The Bertz CT molecular complexity index is 833. The molecule has 0 bridgehead atoms. The molecule has 0 heterocycles. The van der Waals surface area contributed by atoms with Crippen molar-refractivity contribution in [3.8, 4) is 11.5 Å². The van der Waals surface area contributed by atoms with Gasteiger partial charge in [0, 0.05) is 17.8 Å². The van der Waals surface area contributed by atoms with Crippen LogP contribution in [0.25, 0.3) is 6.08 Å². The van der Waals surface area contributed by atoms with Crippen LogP contribution in [-0.2, 0) is 4.79 Å². The molecule has 8 heteroatoms. The number of methoxy groups -OCH3 is 1. The van der Waals surface area contributed by atoms with Crippen molar-refractivity contribution in [2.75, 3.05) is 13.7 Å². The Morgan fingerprint density at radius 3 is 2.62 bits per heavy atom. The van der Waals surface area contributed by atoms with Crippen molar-refractivity contribution in [3.05, 3.63) is 70.3 Å². The molecule has 2 rings (SSSR count). The quantitative estimate of drug-likeness (QED) is 0.445. The molecule has 2 aromatic carbocycles. The highest BCUT2D eigenvalue weighted by molar-refractivity contribution is 5.82. The van der Waals surface area contributed by atoms with Gasteiger partial charge in [0.1, 0.15) is 5.75 Å². The van der Waals surface area contributed by atoms with Gasteiger partial charge in [0.15, 0.2) is 12.4 Å². The highest BCUT2D eigenvalue weighted by Gasteiger charge is 2.14. The first kappa shape index (κ1) is 18.7. The second-order valence-electron chi connectivity index (χ2n) is 4.93. The maximum absolute atomic E-state index is 11.7. The summed E-state index contributed by atoms with van der Waals surface area (Å²) < 4.78 is 10.4. The average molecular weight is 355 g/mol. The summed E-state index contributed by atoms with van der Waals surface area (Å²) in [6.07, 6.45) is 4.81. The van der Waals surface area contributed by atoms with E-state index in [-0.39, 0.29) is 11.4 Å². The summed E-state index contributed by atoms with van der Waals surface area (Å²) in [4.78, 5) is 21.9. The van der Waals surface area contributed by atoms with Crippen LogP contribution in [0, 0.1) is 10.1 Å². The molecule has 0 aliphatic rings. The van der Waals surface area contributed by atoms with Crippen molar-refractivity contribution >= 4 is 23.9 Å². The molecule has 26 heavy (non-hydrogen) atoms. The topological polar surface area (TPSA) is 103 Å². The van der Waals surface area contributed by atoms with E-state index in [9.17, 15) is 14.9 Å². The van der Waals surface area contributed by atoms with Gasteiger partial charge in [-0.1, -0.05) is 30.3 Å². The standard InChI is InChI=1S/C18H17N3O5/c1-25-16-10-4-2-7-14(16)8-6-12-19-20-18(22)13-26-17-11-5-3-9-15(17)21(23)24/h2-12H,13H2,1H3,(H,20,22)/b8-6+,19-12-. The zero-order chi connectivity index (χ0) is 18.8. The molecule has 0 aromatic heterocycles. The van der Waals surface area contributed by atoms with Crippen LogP contribution in [0.4, 0.5) is 5.69 Å². The number of allylic oxidation sites excluding steroid dienone is 1.